The number of benzene rings is 3. The number of nitrogens with zero attached hydrogens (tertiary/aromatic N) is 1. The van der Waals surface area contributed by atoms with E-state index in [4.69, 9.17) is 14.2 Å². The number of aliphatic hydroxyl groups is 1. The number of carbonyl (C=O) groups is 2. The molecule has 36 heavy (non-hydrogen) atoms. The molecule has 0 aliphatic carbocycles. The molecule has 7 nitrogen and oxygen atoms in total. The van der Waals surface area contributed by atoms with Crippen LogP contribution in [-0.4, -0.2) is 37.1 Å². The molecule has 7 heteroatoms. The standard InChI is InChI=1S/C29H29NO6/c1-5-35-22-12-7-19(8-13-22)26-25(27(31)20-9-16-24(34-4)18(3)17-20)28(32)29(33)30(26)21-10-14-23(15-11-21)36-6-2/h7-17,26,31H,5-6H2,1-4H3/b27-25-. The molecular formula is C29H29NO6. The van der Waals surface area contributed by atoms with Crippen LogP contribution < -0.4 is 19.1 Å². The van der Waals surface area contributed by atoms with E-state index >= 15 is 0 Å². The highest BCUT2D eigenvalue weighted by atomic mass is 16.5. The number of Topliss-reactive ketones (excluding diaryl/α,β-unsaturated/α-hetero) is 1. The van der Waals surface area contributed by atoms with Crippen LogP contribution in [0.25, 0.3) is 5.76 Å². The smallest absolute Gasteiger partial charge is 0.300 e. The first-order valence-corrected chi connectivity index (χ1v) is 11.8. The van der Waals surface area contributed by atoms with E-state index < -0.39 is 17.7 Å². The lowest BCUT2D eigenvalue weighted by Crippen LogP contribution is -2.29. The van der Waals surface area contributed by atoms with Gasteiger partial charge in [-0.3, -0.25) is 14.5 Å². The maximum Gasteiger partial charge on any atom is 0.300 e. The molecule has 1 amide bonds. The summed E-state index contributed by atoms with van der Waals surface area (Å²) in [6.07, 6.45) is 0. The minimum atomic E-state index is -0.832. The molecule has 1 saturated heterocycles. The third-order valence-corrected chi connectivity index (χ3v) is 6.05. The second-order valence-electron chi connectivity index (χ2n) is 8.28. The number of hydrogen-bond donors (Lipinski definition) is 1. The van der Waals surface area contributed by atoms with Crippen molar-refractivity contribution in [3.8, 4) is 17.2 Å². The lowest BCUT2D eigenvalue weighted by Gasteiger charge is -2.26. The van der Waals surface area contributed by atoms with Gasteiger partial charge in [-0.2, -0.15) is 0 Å². The minimum Gasteiger partial charge on any atom is -0.507 e. The number of amides is 1. The fourth-order valence-electron chi connectivity index (χ4n) is 4.38. The van der Waals surface area contributed by atoms with Crippen LogP contribution in [0, 0.1) is 6.92 Å². The summed E-state index contributed by atoms with van der Waals surface area (Å²) in [5.41, 5.74) is 2.42. The van der Waals surface area contributed by atoms with Crippen LogP contribution in [0.1, 0.15) is 36.6 Å². The van der Waals surface area contributed by atoms with Crippen molar-refractivity contribution >= 4 is 23.1 Å². The van der Waals surface area contributed by atoms with Gasteiger partial charge in [-0.25, -0.2) is 0 Å². The van der Waals surface area contributed by atoms with E-state index in [0.29, 0.717) is 47.3 Å². The van der Waals surface area contributed by atoms with E-state index in [1.165, 1.54) is 4.90 Å². The number of aryl methyl sites for hydroxylation is 1. The number of hydrogen-bond acceptors (Lipinski definition) is 6. The van der Waals surface area contributed by atoms with Gasteiger partial charge in [0.2, 0.25) is 0 Å². The van der Waals surface area contributed by atoms with Crippen molar-refractivity contribution in [2.75, 3.05) is 25.2 Å². The number of rotatable bonds is 8. The Kier molecular flexibility index (Phi) is 7.29. The largest absolute Gasteiger partial charge is 0.507 e. The lowest BCUT2D eigenvalue weighted by molar-refractivity contribution is -0.132. The Balaban J connectivity index is 1.87. The van der Waals surface area contributed by atoms with Crippen molar-refractivity contribution in [3.63, 3.8) is 0 Å². The van der Waals surface area contributed by atoms with Gasteiger partial charge in [-0.05, 0) is 86.5 Å². The first-order chi connectivity index (χ1) is 17.4. The molecular weight excluding hydrogens is 458 g/mol. The number of carbonyl (C=O) groups excluding carboxylic acids is 2. The van der Waals surface area contributed by atoms with Crippen LogP contribution in [0.15, 0.2) is 72.3 Å². The second kappa shape index (κ2) is 10.6. The SMILES string of the molecule is CCOc1ccc(C2/C(=C(/O)c3ccc(OC)c(C)c3)C(=O)C(=O)N2c2ccc(OCC)cc2)cc1. The van der Waals surface area contributed by atoms with E-state index in [-0.39, 0.29) is 11.3 Å². The van der Waals surface area contributed by atoms with Crippen molar-refractivity contribution in [1.82, 2.24) is 0 Å². The summed E-state index contributed by atoms with van der Waals surface area (Å²) in [6.45, 7) is 6.65. The summed E-state index contributed by atoms with van der Waals surface area (Å²) in [7, 11) is 1.57. The molecule has 0 aromatic heterocycles. The van der Waals surface area contributed by atoms with E-state index in [1.807, 2.05) is 20.8 Å². The zero-order valence-electron chi connectivity index (χ0n) is 20.8. The van der Waals surface area contributed by atoms with Gasteiger partial charge in [0, 0.05) is 11.3 Å². The maximum absolute atomic E-state index is 13.4. The first-order valence-electron chi connectivity index (χ1n) is 11.8. The number of ether oxygens (including phenoxy) is 3. The van der Waals surface area contributed by atoms with Crippen molar-refractivity contribution in [2.24, 2.45) is 0 Å². The minimum absolute atomic E-state index is 0.0163. The highest BCUT2D eigenvalue weighted by Gasteiger charge is 2.47. The molecule has 0 bridgehead atoms. The van der Waals surface area contributed by atoms with Crippen LogP contribution in [0.5, 0.6) is 17.2 Å². The quantitative estimate of drug-likeness (QED) is 0.259. The molecule has 1 heterocycles. The molecule has 1 aliphatic rings. The molecule has 3 aromatic rings. The number of ketones is 1. The molecule has 1 N–H and O–H groups in total. The van der Waals surface area contributed by atoms with Gasteiger partial charge in [-0.15, -0.1) is 0 Å². The topological polar surface area (TPSA) is 85.3 Å². The molecule has 1 atom stereocenters. The Morgan fingerprint density at radius 1 is 0.889 bits per heavy atom. The molecule has 4 rings (SSSR count). The van der Waals surface area contributed by atoms with E-state index in [9.17, 15) is 14.7 Å². The van der Waals surface area contributed by atoms with Gasteiger partial charge < -0.3 is 19.3 Å². The van der Waals surface area contributed by atoms with Crippen LogP contribution in [0.2, 0.25) is 0 Å². The van der Waals surface area contributed by atoms with Crippen molar-refractivity contribution in [2.45, 2.75) is 26.8 Å². The van der Waals surface area contributed by atoms with Gasteiger partial charge in [0.15, 0.2) is 0 Å². The molecule has 186 valence electrons. The fraction of sp³-hybridized carbons (Fsp3) is 0.241. The van der Waals surface area contributed by atoms with Crippen LogP contribution >= 0.6 is 0 Å². The van der Waals surface area contributed by atoms with Gasteiger partial charge in [0.05, 0.1) is 31.9 Å². The van der Waals surface area contributed by atoms with Crippen molar-refractivity contribution in [1.29, 1.82) is 0 Å². The highest BCUT2D eigenvalue weighted by Crippen LogP contribution is 2.43. The lowest BCUT2D eigenvalue weighted by atomic mass is 9.94. The van der Waals surface area contributed by atoms with Crippen molar-refractivity contribution < 1.29 is 28.9 Å². The molecule has 0 saturated carbocycles. The summed E-state index contributed by atoms with van der Waals surface area (Å²) in [5.74, 6) is 0.267. The average molecular weight is 488 g/mol. The molecule has 0 spiro atoms. The van der Waals surface area contributed by atoms with Crippen LogP contribution in [-0.2, 0) is 9.59 Å². The van der Waals surface area contributed by atoms with E-state index in [2.05, 4.69) is 0 Å². The summed E-state index contributed by atoms with van der Waals surface area (Å²) >= 11 is 0. The predicted molar refractivity (Wildman–Crippen MR) is 138 cm³/mol. The number of aliphatic hydroxyl groups excluding tert-OH is 1. The second-order valence-corrected chi connectivity index (χ2v) is 8.28. The van der Waals surface area contributed by atoms with Gasteiger partial charge in [-0.1, -0.05) is 12.1 Å². The Morgan fingerprint density at radius 2 is 1.47 bits per heavy atom. The Morgan fingerprint density at radius 3 is 2.00 bits per heavy atom. The monoisotopic (exact) mass is 487 g/mol. The summed E-state index contributed by atoms with van der Waals surface area (Å²) in [6, 6.07) is 18.4. The first kappa shape index (κ1) is 24.9. The fourth-order valence-corrected chi connectivity index (χ4v) is 4.38. The van der Waals surface area contributed by atoms with E-state index in [0.717, 1.165) is 5.56 Å². The third kappa shape index (κ3) is 4.64. The normalized spacial score (nSPS) is 16.8. The predicted octanol–water partition coefficient (Wildman–Crippen LogP) is 5.43. The maximum atomic E-state index is 13.4. The Hall–Kier alpha value is -4.26. The Bertz CT molecular complexity index is 1290. The highest BCUT2D eigenvalue weighted by molar-refractivity contribution is 6.51. The Labute approximate surface area is 210 Å². The molecule has 1 unspecified atom stereocenters. The molecule has 3 aromatic carbocycles. The van der Waals surface area contributed by atoms with Crippen molar-refractivity contribution in [3.05, 3.63) is 89.0 Å². The van der Waals surface area contributed by atoms with Gasteiger partial charge in [0.1, 0.15) is 23.0 Å². The molecule has 1 fully saturated rings. The van der Waals surface area contributed by atoms with Crippen LogP contribution in [0.4, 0.5) is 5.69 Å². The summed E-state index contributed by atoms with van der Waals surface area (Å²) < 4.78 is 16.4. The zero-order chi connectivity index (χ0) is 25.8. The summed E-state index contributed by atoms with van der Waals surface area (Å²) in [4.78, 5) is 28.1. The van der Waals surface area contributed by atoms with Gasteiger partial charge >= 0.3 is 0 Å². The van der Waals surface area contributed by atoms with Gasteiger partial charge in [0.25, 0.3) is 11.7 Å². The zero-order valence-corrected chi connectivity index (χ0v) is 20.8. The number of anilines is 1. The van der Waals surface area contributed by atoms with Crippen LogP contribution in [0.3, 0.4) is 0 Å². The molecule has 0 radical (unpaired) electrons. The summed E-state index contributed by atoms with van der Waals surface area (Å²) in [5, 5.41) is 11.3. The molecule has 1 aliphatic heterocycles. The third-order valence-electron chi connectivity index (χ3n) is 6.05. The van der Waals surface area contributed by atoms with E-state index in [1.54, 1.807) is 73.8 Å². The average Bonchev–Trinajstić information content (AvgIpc) is 3.15. The number of methoxy groups -OCH3 is 1.